The Balaban J connectivity index is 1.89. The first-order valence-electron chi connectivity index (χ1n) is 8.00. The molecule has 0 aliphatic rings. The van der Waals surface area contributed by atoms with Crippen LogP contribution in [0.3, 0.4) is 0 Å². The van der Waals surface area contributed by atoms with Crippen LogP contribution in [0.4, 0.5) is 0 Å². The average Bonchev–Trinajstić information content (AvgIpc) is 2.98. The lowest BCUT2D eigenvalue weighted by Gasteiger charge is -2.10. The SMILES string of the molecule is CCCCCCNC(=O)c1ccccc1OCc1noc(C)n1. The fourth-order valence-electron chi connectivity index (χ4n) is 2.17. The fourth-order valence-corrected chi connectivity index (χ4v) is 2.17. The van der Waals surface area contributed by atoms with Gasteiger partial charge >= 0.3 is 0 Å². The second-order valence-electron chi connectivity index (χ2n) is 5.33. The van der Waals surface area contributed by atoms with E-state index in [9.17, 15) is 4.79 Å². The summed E-state index contributed by atoms with van der Waals surface area (Å²) in [5, 5.41) is 6.70. The zero-order chi connectivity index (χ0) is 16.5. The van der Waals surface area contributed by atoms with Crippen LogP contribution < -0.4 is 10.1 Å². The molecule has 0 unspecified atom stereocenters. The van der Waals surface area contributed by atoms with Gasteiger partial charge in [-0.3, -0.25) is 4.79 Å². The van der Waals surface area contributed by atoms with Gasteiger partial charge in [-0.1, -0.05) is 43.5 Å². The summed E-state index contributed by atoms with van der Waals surface area (Å²) in [5.41, 5.74) is 0.517. The molecule has 1 amide bonds. The standard InChI is InChI=1S/C17H23N3O3/c1-3-4-5-8-11-18-17(21)14-9-6-7-10-15(14)22-12-16-19-13(2)23-20-16/h6-7,9-10H,3-5,8,11-12H2,1-2H3,(H,18,21). The van der Waals surface area contributed by atoms with Crippen LogP contribution >= 0.6 is 0 Å². The predicted molar refractivity (Wildman–Crippen MR) is 86.3 cm³/mol. The lowest BCUT2D eigenvalue weighted by Crippen LogP contribution is -2.25. The summed E-state index contributed by atoms with van der Waals surface area (Å²) in [5.74, 6) is 1.33. The van der Waals surface area contributed by atoms with Gasteiger partial charge in [0.25, 0.3) is 5.91 Å². The van der Waals surface area contributed by atoms with E-state index < -0.39 is 0 Å². The molecule has 6 nitrogen and oxygen atoms in total. The monoisotopic (exact) mass is 317 g/mol. The molecule has 0 radical (unpaired) electrons. The Morgan fingerprint density at radius 2 is 2.09 bits per heavy atom. The van der Waals surface area contributed by atoms with Crippen LogP contribution in [0.2, 0.25) is 0 Å². The number of amides is 1. The molecule has 2 rings (SSSR count). The number of carbonyl (C=O) groups is 1. The molecular formula is C17H23N3O3. The van der Waals surface area contributed by atoms with Crippen LogP contribution in [-0.4, -0.2) is 22.6 Å². The summed E-state index contributed by atoms with van der Waals surface area (Å²) in [7, 11) is 0. The third-order valence-corrected chi connectivity index (χ3v) is 3.37. The number of para-hydroxylation sites is 1. The Morgan fingerprint density at radius 3 is 2.83 bits per heavy atom. The highest BCUT2D eigenvalue weighted by atomic mass is 16.5. The highest BCUT2D eigenvalue weighted by molar-refractivity contribution is 5.96. The first-order valence-corrected chi connectivity index (χ1v) is 8.00. The molecule has 23 heavy (non-hydrogen) atoms. The highest BCUT2D eigenvalue weighted by Crippen LogP contribution is 2.19. The zero-order valence-electron chi connectivity index (χ0n) is 13.7. The third-order valence-electron chi connectivity index (χ3n) is 3.37. The molecule has 0 bridgehead atoms. The maximum Gasteiger partial charge on any atom is 0.255 e. The van der Waals surface area contributed by atoms with Gasteiger partial charge in [0, 0.05) is 13.5 Å². The Labute approximate surface area is 136 Å². The molecule has 0 saturated heterocycles. The van der Waals surface area contributed by atoms with Crippen LogP contribution in [0.15, 0.2) is 28.8 Å². The molecule has 2 aromatic rings. The van der Waals surface area contributed by atoms with Crippen LogP contribution in [0.5, 0.6) is 5.75 Å². The minimum absolute atomic E-state index is 0.124. The maximum absolute atomic E-state index is 12.3. The van der Waals surface area contributed by atoms with E-state index in [0.29, 0.717) is 29.6 Å². The fraction of sp³-hybridized carbons (Fsp3) is 0.471. The van der Waals surface area contributed by atoms with Crippen molar-refractivity contribution in [2.24, 2.45) is 0 Å². The number of aryl methyl sites for hydroxylation is 1. The van der Waals surface area contributed by atoms with Crippen molar-refractivity contribution in [2.45, 2.75) is 46.1 Å². The Hall–Kier alpha value is -2.37. The summed E-state index contributed by atoms with van der Waals surface area (Å²) in [4.78, 5) is 16.3. The first kappa shape index (κ1) is 17.0. The summed E-state index contributed by atoms with van der Waals surface area (Å²) in [6.07, 6.45) is 4.50. The number of benzene rings is 1. The number of ether oxygens (including phenoxy) is 1. The van der Waals surface area contributed by atoms with Gasteiger partial charge in [-0.05, 0) is 18.6 Å². The molecule has 0 atom stereocenters. The molecule has 1 aromatic heterocycles. The number of aromatic nitrogens is 2. The zero-order valence-corrected chi connectivity index (χ0v) is 13.7. The van der Waals surface area contributed by atoms with Crippen molar-refractivity contribution in [1.29, 1.82) is 0 Å². The lowest BCUT2D eigenvalue weighted by atomic mass is 10.1. The maximum atomic E-state index is 12.3. The van der Waals surface area contributed by atoms with Crippen LogP contribution in [0, 0.1) is 6.92 Å². The highest BCUT2D eigenvalue weighted by Gasteiger charge is 2.12. The molecule has 6 heteroatoms. The first-order chi connectivity index (χ1) is 11.2. The minimum atomic E-state index is -0.124. The van der Waals surface area contributed by atoms with Gasteiger partial charge in [-0.25, -0.2) is 0 Å². The van der Waals surface area contributed by atoms with Gasteiger partial charge in [0.2, 0.25) is 11.7 Å². The van der Waals surface area contributed by atoms with Crippen molar-refractivity contribution < 1.29 is 14.1 Å². The topological polar surface area (TPSA) is 77.2 Å². The smallest absolute Gasteiger partial charge is 0.255 e. The second-order valence-corrected chi connectivity index (χ2v) is 5.33. The van der Waals surface area contributed by atoms with Crippen LogP contribution in [-0.2, 0) is 6.61 Å². The van der Waals surface area contributed by atoms with Gasteiger partial charge in [-0.2, -0.15) is 4.98 Å². The van der Waals surface area contributed by atoms with Crippen molar-refractivity contribution in [3.63, 3.8) is 0 Å². The summed E-state index contributed by atoms with van der Waals surface area (Å²) in [6.45, 7) is 4.73. The number of hydrogen-bond donors (Lipinski definition) is 1. The molecule has 0 aliphatic carbocycles. The van der Waals surface area contributed by atoms with E-state index in [1.807, 2.05) is 12.1 Å². The van der Waals surface area contributed by atoms with Crippen molar-refractivity contribution in [1.82, 2.24) is 15.5 Å². The van der Waals surface area contributed by atoms with E-state index in [2.05, 4.69) is 22.4 Å². The quantitative estimate of drug-likeness (QED) is 0.718. The van der Waals surface area contributed by atoms with Crippen molar-refractivity contribution >= 4 is 5.91 Å². The second kappa shape index (κ2) is 8.92. The normalized spacial score (nSPS) is 10.5. The van der Waals surface area contributed by atoms with E-state index in [0.717, 1.165) is 12.8 Å². The van der Waals surface area contributed by atoms with E-state index >= 15 is 0 Å². The van der Waals surface area contributed by atoms with Crippen molar-refractivity contribution in [2.75, 3.05) is 6.54 Å². The number of nitrogens with one attached hydrogen (secondary N) is 1. The minimum Gasteiger partial charge on any atom is -0.485 e. The summed E-state index contributed by atoms with van der Waals surface area (Å²) in [6, 6.07) is 7.16. The Kier molecular flexibility index (Phi) is 6.59. The van der Waals surface area contributed by atoms with Crippen LogP contribution in [0.1, 0.15) is 54.7 Å². The largest absolute Gasteiger partial charge is 0.485 e. The molecule has 0 fully saturated rings. The van der Waals surface area contributed by atoms with Gasteiger partial charge in [-0.15, -0.1) is 0 Å². The number of unbranched alkanes of at least 4 members (excludes halogenated alkanes) is 3. The molecule has 0 spiro atoms. The average molecular weight is 317 g/mol. The Morgan fingerprint density at radius 1 is 1.26 bits per heavy atom. The predicted octanol–water partition coefficient (Wildman–Crippen LogP) is 3.27. The molecule has 0 aliphatic heterocycles. The van der Waals surface area contributed by atoms with E-state index in [-0.39, 0.29) is 12.5 Å². The summed E-state index contributed by atoms with van der Waals surface area (Å²) < 4.78 is 10.6. The number of nitrogens with zero attached hydrogens (tertiary/aromatic N) is 2. The van der Waals surface area contributed by atoms with Crippen LogP contribution in [0.25, 0.3) is 0 Å². The molecule has 1 aromatic carbocycles. The Bertz CT molecular complexity index is 625. The van der Waals surface area contributed by atoms with Gasteiger partial charge < -0.3 is 14.6 Å². The van der Waals surface area contributed by atoms with E-state index in [4.69, 9.17) is 9.26 Å². The molecule has 1 N–H and O–H groups in total. The van der Waals surface area contributed by atoms with Gasteiger partial charge in [0.15, 0.2) is 6.61 Å². The molecule has 0 saturated carbocycles. The lowest BCUT2D eigenvalue weighted by molar-refractivity contribution is 0.0948. The van der Waals surface area contributed by atoms with Crippen molar-refractivity contribution in [3.05, 3.63) is 41.5 Å². The molecule has 124 valence electrons. The number of hydrogen-bond acceptors (Lipinski definition) is 5. The molecular weight excluding hydrogens is 294 g/mol. The van der Waals surface area contributed by atoms with Gasteiger partial charge in [0.1, 0.15) is 5.75 Å². The molecule has 1 heterocycles. The van der Waals surface area contributed by atoms with Crippen molar-refractivity contribution in [3.8, 4) is 5.75 Å². The number of rotatable bonds is 9. The van der Waals surface area contributed by atoms with E-state index in [1.54, 1.807) is 19.1 Å². The van der Waals surface area contributed by atoms with E-state index in [1.165, 1.54) is 12.8 Å². The number of carbonyl (C=O) groups excluding carboxylic acids is 1. The van der Waals surface area contributed by atoms with Gasteiger partial charge in [0.05, 0.1) is 5.56 Å². The third kappa shape index (κ3) is 5.39. The summed E-state index contributed by atoms with van der Waals surface area (Å²) >= 11 is 0.